The fourth-order valence-corrected chi connectivity index (χ4v) is 1.69. The molecule has 2 N–H and O–H groups in total. The van der Waals surface area contributed by atoms with Crippen LogP contribution < -0.4 is 15.5 Å². The van der Waals surface area contributed by atoms with Gasteiger partial charge in [0, 0.05) is 26.2 Å². The van der Waals surface area contributed by atoms with Crippen molar-refractivity contribution in [3.8, 4) is 0 Å². The lowest BCUT2D eigenvalue weighted by atomic mass is 10.4. The highest BCUT2D eigenvalue weighted by molar-refractivity contribution is 6.37. The number of anilines is 2. The minimum Gasteiger partial charge on any atom is -0.462 e. The minimum atomic E-state index is -0.953. The largest absolute Gasteiger partial charge is 0.462 e. The van der Waals surface area contributed by atoms with E-state index >= 15 is 0 Å². The molecule has 0 saturated carbocycles. The molecule has 0 radical (unpaired) electrons. The average Bonchev–Trinajstić information content (AvgIpc) is 2.48. The molecule has 1 fully saturated rings. The molecule has 1 aromatic rings. The van der Waals surface area contributed by atoms with Gasteiger partial charge in [-0.1, -0.05) is 0 Å². The molecular formula is C11H15N5O3. The zero-order chi connectivity index (χ0) is 13.7. The number of methoxy groups -OCH3 is 1. The van der Waals surface area contributed by atoms with E-state index in [0.29, 0.717) is 11.6 Å². The fourth-order valence-electron chi connectivity index (χ4n) is 1.69. The average molecular weight is 265 g/mol. The minimum absolute atomic E-state index is 0.356. The Morgan fingerprint density at radius 1 is 1.32 bits per heavy atom. The molecule has 1 amide bonds. The topological polar surface area (TPSA) is 96.5 Å². The van der Waals surface area contributed by atoms with Gasteiger partial charge in [-0.05, 0) is 0 Å². The first-order valence-corrected chi connectivity index (χ1v) is 5.87. The Hall–Kier alpha value is -2.22. The van der Waals surface area contributed by atoms with E-state index in [-0.39, 0.29) is 0 Å². The van der Waals surface area contributed by atoms with Crippen molar-refractivity contribution in [2.24, 2.45) is 0 Å². The summed E-state index contributed by atoms with van der Waals surface area (Å²) in [6.07, 6.45) is 2.93. The first-order chi connectivity index (χ1) is 9.20. The lowest BCUT2D eigenvalue weighted by molar-refractivity contribution is -0.150. The molecule has 0 aliphatic carbocycles. The Kier molecular flexibility index (Phi) is 4.24. The molecule has 8 heteroatoms. The number of nitrogens with zero attached hydrogens (tertiary/aromatic N) is 3. The van der Waals surface area contributed by atoms with Gasteiger partial charge in [0.2, 0.25) is 5.95 Å². The van der Waals surface area contributed by atoms with Crippen molar-refractivity contribution in [1.82, 2.24) is 15.3 Å². The number of esters is 1. The molecule has 0 atom stereocenters. The molecule has 0 spiro atoms. The molecule has 2 heterocycles. The van der Waals surface area contributed by atoms with Crippen molar-refractivity contribution in [2.45, 2.75) is 0 Å². The van der Waals surface area contributed by atoms with E-state index in [9.17, 15) is 9.59 Å². The second kappa shape index (κ2) is 6.10. The van der Waals surface area contributed by atoms with E-state index < -0.39 is 11.9 Å². The van der Waals surface area contributed by atoms with Crippen molar-refractivity contribution in [3.63, 3.8) is 0 Å². The third kappa shape index (κ3) is 3.38. The summed E-state index contributed by atoms with van der Waals surface area (Å²) in [5, 5.41) is 5.59. The number of piperazine rings is 1. The number of carbonyl (C=O) groups is 2. The predicted octanol–water partition coefficient (Wildman–Crippen LogP) is -1.00. The highest BCUT2D eigenvalue weighted by Crippen LogP contribution is 2.10. The lowest BCUT2D eigenvalue weighted by Gasteiger charge is -2.27. The van der Waals surface area contributed by atoms with Crippen LogP contribution in [-0.4, -0.2) is 55.1 Å². The van der Waals surface area contributed by atoms with Gasteiger partial charge in [0.25, 0.3) is 0 Å². The smallest absolute Gasteiger partial charge is 0.396 e. The predicted molar refractivity (Wildman–Crippen MR) is 67.8 cm³/mol. The van der Waals surface area contributed by atoms with Gasteiger partial charge in [-0.2, -0.15) is 0 Å². The van der Waals surface area contributed by atoms with Gasteiger partial charge in [0.1, 0.15) is 0 Å². The van der Waals surface area contributed by atoms with Crippen LogP contribution in [0.2, 0.25) is 0 Å². The lowest BCUT2D eigenvalue weighted by Crippen LogP contribution is -2.44. The SMILES string of the molecule is COC(=O)C(=O)Nc1cnc(N2CCNCC2)nc1. The Bertz CT molecular complexity index is 456. The Labute approximate surface area is 110 Å². The molecule has 1 aliphatic rings. The zero-order valence-electron chi connectivity index (χ0n) is 10.5. The molecule has 8 nitrogen and oxygen atoms in total. The standard InChI is InChI=1S/C11H15N5O3/c1-19-10(18)9(17)15-8-6-13-11(14-7-8)16-4-2-12-3-5-16/h6-7,12H,2-5H2,1H3,(H,15,17). The van der Waals surface area contributed by atoms with E-state index in [0.717, 1.165) is 33.3 Å². The Morgan fingerprint density at radius 2 is 1.95 bits per heavy atom. The summed E-state index contributed by atoms with van der Waals surface area (Å²) in [6, 6.07) is 0. The number of amides is 1. The molecule has 0 unspecified atom stereocenters. The molecule has 1 saturated heterocycles. The van der Waals surface area contributed by atoms with Crippen molar-refractivity contribution < 1.29 is 14.3 Å². The van der Waals surface area contributed by atoms with Crippen LogP contribution in [0.25, 0.3) is 0 Å². The maximum Gasteiger partial charge on any atom is 0.396 e. The molecule has 0 aromatic carbocycles. The van der Waals surface area contributed by atoms with Crippen LogP contribution in [0.5, 0.6) is 0 Å². The Morgan fingerprint density at radius 3 is 2.53 bits per heavy atom. The molecule has 1 aromatic heterocycles. The van der Waals surface area contributed by atoms with Crippen LogP contribution >= 0.6 is 0 Å². The number of carbonyl (C=O) groups excluding carboxylic acids is 2. The quantitative estimate of drug-likeness (QED) is 0.523. The molecular weight excluding hydrogens is 250 g/mol. The van der Waals surface area contributed by atoms with Gasteiger partial charge in [-0.15, -0.1) is 0 Å². The van der Waals surface area contributed by atoms with Crippen LogP contribution in [0.15, 0.2) is 12.4 Å². The van der Waals surface area contributed by atoms with Crippen molar-refractivity contribution >= 4 is 23.5 Å². The summed E-state index contributed by atoms with van der Waals surface area (Å²) in [5.74, 6) is -1.19. The molecule has 0 bridgehead atoms. The van der Waals surface area contributed by atoms with Crippen molar-refractivity contribution in [3.05, 3.63) is 12.4 Å². The number of hydrogen-bond acceptors (Lipinski definition) is 7. The van der Waals surface area contributed by atoms with E-state index in [1.807, 2.05) is 4.90 Å². The molecule has 102 valence electrons. The maximum atomic E-state index is 11.3. The Balaban J connectivity index is 1.98. The first-order valence-electron chi connectivity index (χ1n) is 5.87. The van der Waals surface area contributed by atoms with Gasteiger partial charge in [-0.25, -0.2) is 14.8 Å². The van der Waals surface area contributed by atoms with Crippen LogP contribution in [-0.2, 0) is 14.3 Å². The summed E-state index contributed by atoms with van der Waals surface area (Å²) < 4.78 is 4.30. The molecule has 2 rings (SSSR count). The number of rotatable bonds is 2. The van der Waals surface area contributed by atoms with E-state index in [4.69, 9.17) is 0 Å². The van der Waals surface area contributed by atoms with E-state index in [1.165, 1.54) is 12.4 Å². The normalized spacial score (nSPS) is 14.9. The van der Waals surface area contributed by atoms with Crippen LogP contribution in [0, 0.1) is 0 Å². The maximum absolute atomic E-state index is 11.3. The third-order valence-corrected chi connectivity index (χ3v) is 2.67. The van der Waals surface area contributed by atoms with Gasteiger partial charge < -0.3 is 20.3 Å². The summed E-state index contributed by atoms with van der Waals surface area (Å²) >= 11 is 0. The first kappa shape index (κ1) is 13.2. The summed E-state index contributed by atoms with van der Waals surface area (Å²) in [4.78, 5) is 32.6. The fraction of sp³-hybridized carbons (Fsp3) is 0.455. The number of ether oxygens (including phenoxy) is 1. The van der Waals surface area contributed by atoms with Crippen LogP contribution in [0.1, 0.15) is 0 Å². The van der Waals surface area contributed by atoms with E-state index in [1.54, 1.807) is 0 Å². The highest BCUT2D eigenvalue weighted by Gasteiger charge is 2.15. The zero-order valence-corrected chi connectivity index (χ0v) is 10.5. The second-order valence-electron chi connectivity index (χ2n) is 3.95. The van der Waals surface area contributed by atoms with Gasteiger partial charge in [0.15, 0.2) is 0 Å². The third-order valence-electron chi connectivity index (χ3n) is 2.67. The molecule has 1 aliphatic heterocycles. The van der Waals surface area contributed by atoms with Crippen LogP contribution in [0.3, 0.4) is 0 Å². The van der Waals surface area contributed by atoms with Gasteiger partial charge >= 0.3 is 11.9 Å². The van der Waals surface area contributed by atoms with Crippen molar-refractivity contribution in [2.75, 3.05) is 43.5 Å². The molecule has 19 heavy (non-hydrogen) atoms. The van der Waals surface area contributed by atoms with Gasteiger partial charge in [0.05, 0.1) is 25.2 Å². The van der Waals surface area contributed by atoms with E-state index in [2.05, 4.69) is 25.3 Å². The summed E-state index contributed by atoms with van der Waals surface area (Å²) in [5.41, 5.74) is 0.356. The van der Waals surface area contributed by atoms with Gasteiger partial charge in [-0.3, -0.25) is 4.79 Å². The number of aromatic nitrogens is 2. The number of nitrogens with one attached hydrogen (secondary N) is 2. The number of hydrogen-bond donors (Lipinski definition) is 2. The summed E-state index contributed by atoms with van der Waals surface area (Å²) in [7, 11) is 1.14. The summed E-state index contributed by atoms with van der Waals surface area (Å²) in [6.45, 7) is 3.47. The second-order valence-corrected chi connectivity index (χ2v) is 3.95. The van der Waals surface area contributed by atoms with Crippen molar-refractivity contribution in [1.29, 1.82) is 0 Å². The monoisotopic (exact) mass is 265 g/mol. The van der Waals surface area contributed by atoms with Crippen LogP contribution in [0.4, 0.5) is 11.6 Å². The highest BCUT2D eigenvalue weighted by atomic mass is 16.5.